The molecule has 10 nitrogen and oxygen atoms in total. The molecule has 10 heteroatoms. The van der Waals surface area contributed by atoms with E-state index < -0.39 is 11.5 Å². The van der Waals surface area contributed by atoms with E-state index in [9.17, 15) is 25.7 Å². The maximum atomic E-state index is 15.1. The molecule has 1 aliphatic heterocycles. The number of phenols is 4. The molecule has 8 rings (SSSR count). The summed E-state index contributed by atoms with van der Waals surface area (Å²) in [5.74, 6) is -1.19. The van der Waals surface area contributed by atoms with Crippen molar-refractivity contribution in [2.45, 2.75) is 0 Å². The number of aromatic hydroxyl groups is 4. The van der Waals surface area contributed by atoms with Gasteiger partial charge in [0, 0.05) is 69.2 Å². The minimum atomic E-state index is -0.578. The Hall–Kier alpha value is -6.91. The minimum absolute atomic E-state index is 0.00128. The topological polar surface area (TPSA) is 142 Å². The third-order valence-electron chi connectivity index (χ3n) is 9.86. The van der Waals surface area contributed by atoms with Crippen LogP contribution in [-0.2, 0) is 0 Å². The first-order valence-electron chi connectivity index (χ1n) is 15.8. The van der Waals surface area contributed by atoms with Gasteiger partial charge in [0.2, 0.25) is 5.71 Å². The van der Waals surface area contributed by atoms with Crippen LogP contribution in [0.25, 0.3) is 37.5 Å². The maximum absolute atomic E-state index is 15.1. The van der Waals surface area contributed by atoms with Crippen molar-refractivity contribution in [2.24, 2.45) is 0 Å². The summed E-state index contributed by atoms with van der Waals surface area (Å²) in [4.78, 5) is 7.56. The fraction of sp³-hybridized carbons (Fsp3) is 0.125. The first kappa shape index (κ1) is 30.4. The van der Waals surface area contributed by atoms with Crippen LogP contribution in [0.1, 0.15) is 27.8 Å². The highest BCUT2D eigenvalue weighted by atomic mass is 16.3. The van der Waals surface area contributed by atoms with E-state index >= 15 is 5.11 Å². The number of hydrogen-bond donors (Lipinski definition) is 4. The number of rotatable bonds is 1. The number of allylic oxidation sites excluding steroid dienone is 3. The summed E-state index contributed by atoms with van der Waals surface area (Å²) in [6.07, 6.45) is 0. The third kappa shape index (κ3) is 3.79. The number of hydrogen-bond acceptors (Lipinski definition) is 8. The standard InChI is InChI=1S/C40H29N5O5/c1-42-22(17-41)31-36(34-28-19(9-6-12-24(28)46)38(43(2)3)20-10-7-13-25(47)29(20)34)40(50)37(31)35-30-21(11-8-14-26(30)48)39-32-23(44(4)18-45(39)5)15-16-27(49)33(32)35/h6-16H,18H2,2-5H3,(H4-,46,47,48,49,50)/b31-22+. The predicted molar refractivity (Wildman–Crippen MR) is 190 cm³/mol. The molecule has 4 N–H and O–H groups in total. The molecule has 0 spiro atoms. The van der Waals surface area contributed by atoms with Gasteiger partial charge in [-0.3, -0.25) is 0 Å². The van der Waals surface area contributed by atoms with E-state index in [2.05, 4.69) is 4.85 Å². The van der Waals surface area contributed by atoms with Crippen molar-refractivity contribution in [2.75, 3.05) is 44.7 Å². The molecule has 0 radical (unpaired) electrons. The second-order valence-corrected chi connectivity index (χ2v) is 12.9. The zero-order chi connectivity index (χ0) is 35.3. The second-order valence-electron chi connectivity index (χ2n) is 12.9. The summed E-state index contributed by atoms with van der Waals surface area (Å²) in [5.41, 5.74) is 3.85. The summed E-state index contributed by atoms with van der Waals surface area (Å²) in [5, 5.41) is 73.3. The number of phenolic OH excluding ortho intramolecular Hbond substituents is 4. The summed E-state index contributed by atoms with van der Waals surface area (Å²) in [7, 11) is 7.49. The van der Waals surface area contributed by atoms with Gasteiger partial charge in [-0.15, -0.1) is 0 Å². The van der Waals surface area contributed by atoms with Crippen LogP contribution in [0.2, 0.25) is 0 Å². The van der Waals surface area contributed by atoms with Crippen LogP contribution < -0.4 is 14.9 Å². The lowest BCUT2D eigenvalue weighted by atomic mass is 9.68. The lowest BCUT2D eigenvalue weighted by molar-refractivity contribution is -0.463. The highest BCUT2D eigenvalue weighted by Gasteiger charge is 2.41. The van der Waals surface area contributed by atoms with E-state index in [0.29, 0.717) is 34.3 Å². The van der Waals surface area contributed by atoms with E-state index in [1.165, 1.54) is 24.3 Å². The van der Waals surface area contributed by atoms with Gasteiger partial charge in [0.15, 0.2) is 0 Å². The van der Waals surface area contributed by atoms with Crippen molar-refractivity contribution in [3.63, 3.8) is 0 Å². The third-order valence-corrected chi connectivity index (χ3v) is 9.86. The van der Waals surface area contributed by atoms with E-state index in [-0.39, 0.29) is 72.8 Å². The average Bonchev–Trinajstić information content (AvgIpc) is 3.07. The number of anilines is 2. The molecule has 244 valence electrons. The van der Waals surface area contributed by atoms with Crippen molar-refractivity contribution >= 4 is 49.8 Å². The lowest BCUT2D eigenvalue weighted by Gasteiger charge is -2.42. The molecule has 50 heavy (non-hydrogen) atoms. The summed E-state index contributed by atoms with van der Waals surface area (Å²) in [6.45, 7) is 8.57. The highest BCUT2D eigenvalue weighted by Crippen LogP contribution is 2.59. The zero-order valence-corrected chi connectivity index (χ0v) is 27.5. The number of benzene rings is 5. The fourth-order valence-electron chi connectivity index (χ4n) is 8.03. The van der Waals surface area contributed by atoms with Crippen LogP contribution in [-0.4, -0.2) is 65.6 Å². The number of nitrogens with zero attached hydrogens (tertiary/aromatic N) is 5. The summed E-state index contributed by atoms with van der Waals surface area (Å²) >= 11 is 0. The van der Waals surface area contributed by atoms with Crippen molar-refractivity contribution in [3.05, 3.63) is 129 Å². The van der Waals surface area contributed by atoms with Gasteiger partial charge in [-0.05, 0) is 53.6 Å². The molecule has 0 atom stereocenters. The summed E-state index contributed by atoms with van der Waals surface area (Å²) in [6, 6.07) is 20.3. The van der Waals surface area contributed by atoms with E-state index in [4.69, 9.17) is 6.57 Å². The monoisotopic (exact) mass is 659 g/mol. The van der Waals surface area contributed by atoms with Gasteiger partial charge in [0.1, 0.15) is 37.1 Å². The molecular formula is C40H29N5O5. The van der Waals surface area contributed by atoms with E-state index in [1.807, 2.05) is 54.7 Å². The van der Waals surface area contributed by atoms with Crippen LogP contribution in [0.4, 0.5) is 11.4 Å². The van der Waals surface area contributed by atoms with Gasteiger partial charge < -0.3 is 35.3 Å². The van der Waals surface area contributed by atoms with Crippen LogP contribution in [0, 0.1) is 17.9 Å². The highest BCUT2D eigenvalue weighted by molar-refractivity contribution is 6.29. The average molecular weight is 660 g/mol. The Morgan fingerprint density at radius 3 is 1.96 bits per heavy atom. The first-order valence-corrected chi connectivity index (χ1v) is 15.8. The minimum Gasteiger partial charge on any atom is -0.872 e. The van der Waals surface area contributed by atoms with Gasteiger partial charge in [-0.25, -0.2) is 14.7 Å². The normalized spacial score (nSPS) is 15.8. The van der Waals surface area contributed by atoms with E-state index in [0.717, 1.165) is 11.4 Å². The smallest absolute Gasteiger partial charge is 0.270 e. The quantitative estimate of drug-likeness (QED) is 0.0800. The Bertz CT molecular complexity index is 2570. The predicted octanol–water partition coefficient (Wildman–Crippen LogP) is 5.37. The lowest BCUT2D eigenvalue weighted by Crippen LogP contribution is -2.36. The molecule has 0 amide bonds. The van der Waals surface area contributed by atoms with Gasteiger partial charge >= 0.3 is 0 Å². The van der Waals surface area contributed by atoms with Gasteiger partial charge in [0.25, 0.3) is 5.70 Å². The number of fused-ring (bicyclic) bond motifs is 4. The Morgan fingerprint density at radius 1 is 0.760 bits per heavy atom. The first-order chi connectivity index (χ1) is 24.0. The molecule has 0 fully saturated rings. The molecule has 1 heterocycles. The molecule has 0 saturated heterocycles. The molecule has 3 aliphatic rings. The van der Waals surface area contributed by atoms with Crippen LogP contribution in [0.3, 0.4) is 0 Å². The molecule has 0 bridgehead atoms. The molecule has 5 aromatic carbocycles. The van der Waals surface area contributed by atoms with Crippen molar-refractivity contribution in [3.8, 4) is 29.1 Å². The number of nitriles is 1. The van der Waals surface area contributed by atoms with Crippen LogP contribution in [0.15, 0.2) is 89.3 Å². The van der Waals surface area contributed by atoms with Gasteiger partial charge in [0.05, 0.1) is 36.1 Å². The molecule has 0 unspecified atom stereocenters. The maximum Gasteiger partial charge on any atom is 0.270 e. The summed E-state index contributed by atoms with van der Waals surface area (Å²) < 4.78 is 1.86. The Labute approximate surface area is 287 Å². The largest absolute Gasteiger partial charge is 0.872 e. The van der Waals surface area contributed by atoms with Gasteiger partial charge in [-0.1, -0.05) is 30.0 Å². The van der Waals surface area contributed by atoms with E-state index in [1.54, 1.807) is 36.4 Å². The SMILES string of the molecule is [C-]#[N+]/C(C#N)=C1\C(=C2c3c(O)cccc3C(=[N+](C)C)c3cccc(O)c32)C([O-])=C1c1c2c(O)cccc2c2c3c(ccc(O)c13)N(C)CN2C. The molecule has 0 saturated carbocycles. The zero-order valence-electron chi connectivity index (χ0n) is 27.5. The Morgan fingerprint density at radius 2 is 1.36 bits per heavy atom. The Kier molecular flexibility index (Phi) is 6.42. The van der Waals surface area contributed by atoms with Crippen LogP contribution >= 0.6 is 0 Å². The molecule has 5 aromatic rings. The molecule has 2 aliphatic carbocycles. The fourth-order valence-corrected chi connectivity index (χ4v) is 8.03. The van der Waals surface area contributed by atoms with Crippen molar-refractivity contribution in [1.82, 2.24) is 0 Å². The molecular weight excluding hydrogens is 630 g/mol. The van der Waals surface area contributed by atoms with Gasteiger partial charge in [-0.2, -0.15) is 0 Å². The molecule has 0 aromatic heterocycles. The Balaban J connectivity index is 1.62. The van der Waals surface area contributed by atoms with Crippen molar-refractivity contribution < 1.29 is 30.1 Å². The second kappa shape index (κ2) is 10.5. The van der Waals surface area contributed by atoms with Crippen LogP contribution in [0.5, 0.6) is 23.0 Å². The van der Waals surface area contributed by atoms with Crippen molar-refractivity contribution in [1.29, 1.82) is 5.26 Å².